The molecule has 9 heteroatoms. The Morgan fingerprint density at radius 2 is 1.71 bits per heavy atom. The van der Waals surface area contributed by atoms with E-state index in [4.69, 9.17) is 4.74 Å². The summed E-state index contributed by atoms with van der Waals surface area (Å²) in [5.41, 5.74) is 3.99. The van der Waals surface area contributed by atoms with E-state index in [0.29, 0.717) is 33.7 Å². The van der Waals surface area contributed by atoms with Crippen molar-refractivity contribution in [2.75, 3.05) is 0 Å². The molecule has 0 unspecified atom stereocenters. The number of carboxylic acid groups (broad SMARTS) is 1. The van der Waals surface area contributed by atoms with Crippen molar-refractivity contribution in [3.63, 3.8) is 0 Å². The summed E-state index contributed by atoms with van der Waals surface area (Å²) in [5, 5.41) is 14.0. The Hall–Kier alpha value is -3.56. The minimum atomic E-state index is -1.14. The molecule has 0 aliphatic carbocycles. The largest absolute Gasteiger partial charge is 1.00 e. The number of benzene rings is 3. The van der Waals surface area contributed by atoms with Gasteiger partial charge in [0.25, 0.3) is 5.91 Å². The Labute approximate surface area is 246 Å². The van der Waals surface area contributed by atoms with Crippen LogP contribution in [0.25, 0.3) is 11.8 Å². The monoisotopic (exact) mass is 531 g/mol. The Morgan fingerprint density at radius 3 is 2.42 bits per heavy atom. The van der Waals surface area contributed by atoms with Crippen molar-refractivity contribution in [2.24, 2.45) is 4.99 Å². The summed E-state index contributed by atoms with van der Waals surface area (Å²) in [6, 6.07) is 26.4. The molecule has 3 aromatic carbocycles. The second-order valence-electron chi connectivity index (χ2n) is 8.28. The molecule has 0 saturated carbocycles. The molecule has 4 aromatic rings. The van der Waals surface area contributed by atoms with E-state index in [-0.39, 0.29) is 41.9 Å². The molecule has 0 radical (unpaired) electrons. The zero-order valence-electron chi connectivity index (χ0n) is 20.7. The van der Waals surface area contributed by atoms with Crippen molar-refractivity contribution in [2.45, 2.75) is 13.0 Å². The number of nitrogens with one attached hydrogen (secondary N) is 1. The first-order chi connectivity index (χ1) is 18.0. The second-order valence-corrected chi connectivity index (χ2v) is 9.31. The van der Waals surface area contributed by atoms with E-state index in [9.17, 15) is 14.7 Å². The molecule has 0 atom stereocenters. The zero-order chi connectivity index (χ0) is 25.6. The fourth-order valence-corrected chi connectivity index (χ4v) is 4.60. The summed E-state index contributed by atoms with van der Waals surface area (Å²) in [6.45, 7) is 0.395. The van der Waals surface area contributed by atoms with Gasteiger partial charge in [0.1, 0.15) is 12.4 Å². The molecule has 7 nitrogen and oxygen atoms in total. The number of carbonyl (C=O) groups excluding carboxylic acids is 2. The van der Waals surface area contributed by atoms with Crippen LogP contribution in [-0.4, -0.2) is 21.6 Å². The summed E-state index contributed by atoms with van der Waals surface area (Å²) >= 11 is 1.23. The number of rotatable bonds is 8. The van der Waals surface area contributed by atoms with Gasteiger partial charge in [-0.05, 0) is 65.4 Å². The van der Waals surface area contributed by atoms with Gasteiger partial charge in [-0.3, -0.25) is 4.79 Å². The van der Waals surface area contributed by atoms with Crippen LogP contribution in [0.5, 0.6) is 5.75 Å². The molecule has 0 bridgehead atoms. The Kier molecular flexibility index (Phi) is 9.25. The molecule has 1 aromatic heterocycles. The average molecular weight is 532 g/mol. The van der Waals surface area contributed by atoms with Gasteiger partial charge in [0.15, 0.2) is 5.17 Å². The van der Waals surface area contributed by atoms with Crippen LogP contribution < -0.4 is 44.7 Å². The van der Waals surface area contributed by atoms with Gasteiger partial charge < -0.3 is 24.5 Å². The van der Waals surface area contributed by atoms with Crippen molar-refractivity contribution in [1.29, 1.82) is 0 Å². The molecule has 1 aliphatic heterocycles. The summed E-state index contributed by atoms with van der Waals surface area (Å²) in [7, 11) is 0. The van der Waals surface area contributed by atoms with Gasteiger partial charge >= 0.3 is 29.6 Å². The number of carbonyl (C=O) groups is 2. The normalized spacial score (nSPS) is 14.8. The number of hydrogen-bond donors (Lipinski definition) is 1. The van der Waals surface area contributed by atoms with Crippen LogP contribution in [0.3, 0.4) is 0 Å². The molecule has 1 N–H and O–H groups in total. The van der Waals surface area contributed by atoms with E-state index in [1.165, 1.54) is 11.8 Å². The number of hydrogen-bond acceptors (Lipinski definition) is 6. The van der Waals surface area contributed by atoms with Crippen LogP contribution >= 0.6 is 11.8 Å². The van der Waals surface area contributed by atoms with Crippen LogP contribution in [0.2, 0.25) is 0 Å². The minimum absolute atomic E-state index is 0. The summed E-state index contributed by atoms with van der Waals surface area (Å²) in [4.78, 5) is 28.4. The van der Waals surface area contributed by atoms with Crippen LogP contribution in [0, 0.1) is 0 Å². The van der Waals surface area contributed by atoms with Crippen molar-refractivity contribution < 1.29 is 49.0 Å². The summed E-state index contributed by atoms with van der Waals surface area (Å²) in [5.74, 6) is -0.730. The number of carboxylic acids is 1. The van der Waals surface area contributed by atoms with E-state index in [1.54, 1.807) is 30.3 Å². The quantitative estimate of drug-likeness (QED) is 0.273. The maximum atomic E-state index is 12.7. The predicted octanol–water partition coefficient (Wildman–Crippen LogP) is 1.24. The number of ether oxygens (including phenoxy) is 1. The molecule has 0 spiro atoms. The van der Waals surface area contributed by atoms with E-state index in [0.717, 1.165) is 16.8 Å². The van der Waals surface area contributed by atoms with E-state index in [2.05, 4.69) is 10.3 Å². The summed E-state index contributed by atoms with van der Waals surface area (Å²) < 4.78 is 8.19. The third-order valence-electron chi connectivity index (χ3n) is 5.59. The van der Waals surface area contributed by atoms with Crippen LogP contribution in [-0.2, 0) is 22.6 Å². The SMILES string of the molecule is O=C([O-])Cc1ccc(N=C2NC(=O)C(=Cc3ccc(-n4cccc4)cc3OCc3ccccc3)S2)cc1.[Na+]. The first kappa shape index (κ1) is 27.5. The maximum absolute atomic E-state index is 12.7. The van der Waals surface area contributed by atoms with Gasteiger partial charge in [-0.15, -0.1) is 0 Å². The standard InChI is InChI=1S/C29H23N3O4S.Na/c33-27(34)16-20-8-11-23(12-9-20)30-29-31-28(35)26(37-29)17-22-10-13-24(32-14-4-5-15-32)18-25(22)36-19-21-6-2-1-3-7-21;/h1-15,17-18H,16,19H2,(H,33,34)(H,30,31,35);/q;+1/p-1. The Morgan fingerprint density at radius 1 is 0.974 bits per heavy atom. The van der Waals surface area contributed by atoms with Gasteiger partial charge in [-0.2, -0.15) is 0 Å². The smallest absolute Gasteiger partial charge is 0.550 e. The number of amidine groups is 1. The van der Waals surface area contributed by atoms with Crippen molar-refractivity contribution in [3.05, 3.63) is 119 Å². The van der Waals surface area contributed by atoms with E-state index >= 15 is 0 Å². The van der Waals surface area contributed by atoms with E-state index in [1.807, 2.05) is 77.6 Å². The molecule has 1 aliphatic rings. The molecule has 184 valence electrons. The van der Waals surface area contributed by atoms with Gasteiger partial charge in [-0.1, -0.05) is 42.5 Å². The van der Waals surface area contributed by atoms with Crippen LogP contribution in [0.4, 0.5) is 5.69 Å². The molecule has 5 rings (SSSR count). The number of aromatic nitrogens is 1. The van der Waals surface area contributed by atoms with Crippen LogP contribution in [0.15, 0.2) is 107 Å². The number of aliphatic carboxylic acids is 1. The fourth-order valence-electron chi connectivity index (χ4n) is 3.76. The topological polar surface area (TPSA) is 95.8 Å². The number of thioether (sulfide) groups is 1. The van der Waals surface area contributed by atoms with Gasteiger partial charge in [0.2, 0.25) is 0 Å². The van der Waals surface area contributed by atoms with Crippen LogP contribution in [0.1, 0.15) is 16.7 Å². The first-order valence-corrected chi connectivity index (χ1v) is 12.4. The molecular formula is C29H22N3NaO4S. The van der Waals surface area contributed by atoms with Gasteiger partial charge in [0.05, 0.1) is 10.6 Å². The fraction of sp³-hybridized carbons (Fsp3) is 0.0690. The Bertz CT molecular complexity index is 1480. The van der Waals surface area contributed by atoms with Crippen molar-refractivity contribution in [3.8, 4) is 11.4 Å². The molecule has 1 saturated heterocycles. The third kappa shape index (κ3) is 7.05. The maximum Gasteiger partial charge on any atom is 1.00 e. The number of nitrogens with zero attached hydrogens (tertiary/aromatic N) is 2. The zero-order valence-corrected chi connectivity index (χ0v) is 23.5. The van der Waals surface area contributed by atoms with Gasteiger partial charge in [0, 0.05) is 42.1 Å². The van der Waals surface area contributed by atoms with E-state index < -0.39 is 5.97 Å². The first-order valence-electron chi connectivity index (χ1n) is 11.6. The number of amides is 1. The molecular weight excluding hydrogens is 509 g/mol. The third-order valence-corrected chi connectivity index (χ3v) is 6.50. The second kappa shape index (κ2) is 12.8. The predicted molar refractivity (Wildman–Crippen MR) is 143 cm³/mol. The molecule has 1 amide bonds. The van der Waals surface area contributed by atoms with Crippen molar-refractivity contribution >= 4 is 40.6 Å². The Balaban J connectivity index is 0.00000336. The number of aliphatic imine (C=N–C) groups is 1. The van der Waals surface area contributed by atoms with Gasteiger partial charge in [-0.25, -0.2) is 4.99 Å². The molecule has 2 heterocycles. The molecule has 38 heavy (non-hydrogen) atoms. The minimum Gasteiger partial charge on any atom is -0.550 e. The van der Waals surface area contributed by atoms with Crippen molar-refractivity contribution in [1.82, 2.24) is 9.88 Å². The molecule has 1 fully saturated rings. The average Bonchev–Trinajstić information content (AvgIpc) is 3.55. The summed E-state index contributed by atoms with van der Waals surface area (Å²) in [6.07, 6.45) is 5.56.